The molecule has 0 radical (unpaired) electrons. The fourth-order valence-electron chi connectivity index (χ4n) is 8.83. The van der Waals surface area contributed by atoms with Crippen LogP contribution in [0, 0.1) is 17.8 Å². The van der Waals surface area contributed by atoms with Crippen LogP contribution in [0.5, 0.6) is 0 Å². The van der Waals surface area contributed by atoms with Crippen LogP contribution in [0.1, 0.15) is 109 Å². The van der Waals surface area contributed by atoms with Crippen molar-refractivity contribution in [2.24, 2.45) is 17.8 Å². The number of nitrogens with zero attached hydrogens (tertiary/aromatic N) is 1. The molecule has 3 aliphatic heterocycles. The first-order valence-corrected chi connectivity index (χ1v) is 20.5. The van der Waals surface area contributed by atoms with Gasteiger partial charge in [-0.1, -0.05) is 20.8 Å². The Hall–Kier alpha value is -2.48. The number of aliphatic hydroxyl groups excluding tert-OH is 2. The molecule has 0 aliphatic carbocycles. The van der Waals surface area contributed by atoms with E-state index in [1.165, 1.54) is 39.9 Å². The second-order valence-electron chi connectivity index (χ2n) is 17.5. The summed E-state index contributed by atoms with van der Waals surface area (Å²) in [6.07, 6.45) is -10.0. The van der Waals surface area contributed by atoms with Gasteiger partial charge >= 0.3 is 11.9 Å². The molecule has 3 fully saturated rings. The normalized spacial score (nSPS) is 44.9. The van der Waals surface area contributed by atoms with Gasteiger partial charge in [0.1, 0.15) is 23.9 Å². The van der Waals surface area contributed by atoms with E-state index in [2.05, 4.69) is 5.32 Å². The summed E-state index contributed by atoms with van der Waals surface area (Å²) < 4.78 is 50.2. The fraction of sp³-hybridized carbons (Fsp3) is 0.902. The third kappa shape index (κ3) is 11.1. The number of carbonyl (C=O) groups is 4. The molecular formula is C41H72N2O15. The summed E-state index contributed by atoms with van der Waals surface area (Å²) in [5.74, 6) is -4.84. The summed E-state index contributed by atoms with van der Waals surface area (Å²) in [5.41, 5.74) is -4.45. The maximum absolute atomic E-state index is 14.4. The van der Waals surface area contributed by atoms with Crippen LogP contribution in [0.25, 0.3) is 0 Å². The zero-order valence-electron chi connectivity index (χ0n) is 37.2. The predicted octanol–water partition coefficient (Wildman–Crippen LogP) is 2.23. The summed E-state index contributed by atoms with van der Waals surface area (Å²) in [6, 6.07) is -1.61. The Kier molecular flexibility index (Phi) is 17.1. The highest BCUT2D eigenvalue weighted by Gasteiger charge is 2.54. The zero-order chi connectivity index (χ0) is 44.2. The van der Waals surface area contributed by atoms with Gasteiger partial charge in [0, 0.05) is 53.4 Å². The fourth-order valence-corrected chi connectivity index (χ4v) is 8.83. The Balaban J connectivity index is 2.30. The summed E-state index contributed by atoms with van der Waals surface area (Å²) in [5, 5.41) is 36.9. The van der Waals surface area contributed by atoms with Gasteiger partial charge in [-0.05, 0) is 67.7 Å². The Morgan fingerprint density at radius 2 is 1.50 bits per heavy atom. The number of carbonyl (C=O) groups excluding carboxylic acids is 4. The van der Waals surface area contributed by atoms with Gasteiger partial charge in [0.2, 0.25) is 11.8 Å². The van der Waals surface area contributed by atoms with Crippen molar-refractivity contribution < 1.29 is 72.4 Å². The molecule has 336 valence electrons. The molecular weight excluding hydrogens is 760 g/mol. The summed E-state index contributed by atoms with van der Waals surface area (Å²) in [4.78, 5) is 55.0. The molecule has 0 aromatic heterocycles. The molecule has 0 spiro atoms. The van der Waals surface area contributed by atoms with Crippen molar-refractivity contribution in [3.8, 4) is 0 Å². The van der Waals surface area contributed by atoms with Crippen LogP contribution in [0.15, 0.2) is 0 Å². The van der Waals surface area contributed by atoms with Gasteiger partial charge in [-0.15, -0.1) is 0 Å². The first kappa shape index (κ1) is 49.9. The number of hydrogen-bond acceptors (Lipinski definition) is 15. The SMILES string of the molecule is CC[C@H]1OC(=O)[C@H](C)[C@@H](O[C@H]2C[C@@](C)(OC)[C@@H](O)[C@H](C)O2)[C@H](C)[C@@H](O[C@@H]2O[C@H](C)C[C@H](N(C)C(C)=O)[C@H]2OC(C)=O)[C@](C)(OC)C[C@@H](C)C(=O)N[C@H](C)[C@@H](O)[C@]1(C)O. The number of esters is 2. The quantitative estimate of drug-likeness (QED) is 0.245. The van der Waals surface area contributed by atoms with Gasteiger partial charge < -0.3 is 63.4 Å². The molecule has 2 amide bonds. The highest BCUT2D eigenvalue weighted by atomic mass is 16.7. The standard InChI is InChI=1S/C41H72N2O15/c1-16-29-41(12,50)33(46)24(6)42-36(48)20(2)18-40(11,52-15)35(58-38-32(55-27(9)45)28(17-21(3)53-38)43(13)26(8)44)22(4)31(23(5)37(49)56-29)57-30-19-39(10,51-14)34(47)25(7)54-30/h20-25,28-35,38,46-47,50H,16-19H2,1-15H3,(H,42,48)/t20-,21-,22+,23-,24-,25+,28+,29-,30+,31+,32-,33-,34+,35-,38+,39-,40-,41-/m1/s1. The number of nitrogens with one attached hydrogen (secondary N) is 1. The highest BCUT2D eigenvalue weighted by Crippen LogP contribution is 2.41. The van der Waals surface area contributed by atoms with Crippen LogP contribution in [0.4, 0.5) is 0 Å². The number of cyclic esters (lactones) is 1. The van der Waals surface area contributed by atoms with Gasteiger partial charge in [0.25, 0.3) is 0 Å². The number of likely N-dealkylation sites (N-methyl/N-ethyl adjacent to an activating group) is 1. The second kappa shape index (κ2) is 19.9. The van der Waals surface area contributed by atoms with Crippen molar-refractivity contribution >= 4 is 23.8 Å². The van der Waals surface area contributed by atoms with Crippen LogP contribution in [-0.2, 0) is 57.1 Å². The van der Waals surface area contributed by atoms with E-state index in [9.17, 15) is 34.5 Å². The molecule has 0 aromatic carbocycles. The number of rotatable bonds is 9. The van der Waals surface area contributed by atoms with Crippen LogP contribution >= 0.6 is 0 Å². The lowest BCUT2D eigenvalue weighted by Crippen LogP contribution is -2.62. The van der Waals surface area contributed by atoms with Crippen molar-refractivity contribution in [3.63, 3.8) is 0 Å². The average Bonchev–Trinajstić information content (AvgIpc) is 3.15. The van der Waals surface area contributed by atoms with Gasteiger partial charge in [0.05, 0.1) is 53.6 Å². The number of amides is 2. The van der Waals surface area contributed by atoms with E-state index in [4.69, 9.17) is 37.9 Å². The molecule has 18 atom stereocenters. The van der Waals surface area contributed by atoms with Crippen LogP contribution < -0.4 is 5.32 Å². The monoisotopic (exact) mass is 832 g/mol. The van der Waals surface area contributed by atoms with Gasteiger partial charge in [-0.25, -0.2) is 0 Å². The van der Waals surface area contributed by atoms with E-state index in [-0.39, 0.29) is 25.2 Å². The van der Waals surface area contributed by atoms with E-state index in [0.717, 1.165) is 0 Å². The molecule has 0 aromatic rings. The molecule has 3 rings (SSSR count). The molecule has 0 unspecified atom stereocenters. The lowest BCUT2D eigenvalue weighted by molar-refractivity contribution is -0.319. The Morgan fingerprint density at radius 1 is 0.897 bits per heavy atom. The zero-order valence-corrected chi connectivity index (χ0v) is 37.2. The predicted molar refractivity (Wildman–Crippen MR) is 209 cm³/mol. The Bertz CT molecular complexity index is 1420. The molecule has 58 heavy (non-hydrogen) atoms. The minimum Gasteiger partial charge on any atom is -0.459 e. The number of aliphatic hydroxyl groups is 3. The molecule has 3 saturated heterocycles. The highest BCUT2D eigenvalue weighted by molar-refractivity contribution is 5.78. The van der Waals surface area contributed by atoms with Crippen molar-refractivity contribution in [1.29, 1.82) is 0 Å². The molecule has 17 nitrogen and oxygen atoms in total. The molecule has 3 aliphatic rings. The van der Waals surface area contributed by atoms with Crippen molar-refractivity contribution in [2.75, 3.05) is 21.3 Å². The molecule has 0 bridgehead atoms. The third-order valence-electron chi connectivity index (χ3n) is 12.8. The Labute approximate surface area is 344 Å². The van der Waals surface area contributed by atoms with E-state index in [0.29, 0.717) is 6.42 Å². The lowest BCUT2D eigenvalue weighted by Gasteiger charge is -2.50. The maximum Gasteiger partial charge on any atom is 0.311 e. The lowest BCUT2D eigenvalue weighted by atomic mass is 9.77. The Morgan fingerprint density at radius 3 is 2.03 bits per heavy atom. The van der Waals surface area contributed by atoms with Crippen molar-refractivity contribution in [2.45, 2.75) is 199 Å². The topological polar surface area (TPSA) is 218 Å². The first-order chi connectivity index (χ1) is 26.8. The smallest absolute Gasteiger partial charge is 0.311 e. The minimum atomic E-state index is -1.99. The van der Waals surface area contributed by atoms with Crippen molar-refractivity contribution in [1.82, 2.24) is 10.2 Å². The van der Waals surface area contributed by atoms with E-state index >= 15 is 0 Å². The van der Waals surface area contributed by atoms with Crippen molar-refractivity contribution in [3.05, 3.63) is 0 Å². The van der Waals surface area contributed by atoms with Crippen LogP contribution in [-0.4, -0.2) is 156 Å². The average molecular weight is 833 g/mol. The number of methoxy groups -OCH3 is 2. The molecule has 17 heteroatoms. The van der Waals surface area contributed by atoms with Crippen LogP contribution in [0.3, 0.4) is 0 Å². The van der Waals surface area contributed by atoms with Gasteiger partial charge in [-0.2, -0.15) is 0 Å². The molecule has 0 saturated carbocycles. The summed E-state index contributed by atoms with van der Waals surface area (Å²) >= 11 is 0. The molecule has 4 N–H and O–H groups in total. The minimum absolute atomic E-state index is 0.0227. The number of hydrogen-bond donors (Lipinski definition) is 4. The summed E-state index contributed by atoms with van der Waals surface area (Å²) in [6.45, 7) is 19.3. The van der Waals surface area contributed by atoms with Crippen LogP contribution in [0.2, 0.25) is 0 Å². The van der Waals surface area contributed by atoms with E-state index in [1.54, 1.807) is 62.4 Å². The van der Waals surface area contributed by atoms with E-state index < -0.39 is 126 Å². The van der Waals surface area contributed by atoms with Gasteiger partial charge in [0.15, 0.2) is 18.7 Å². The largest absolute Gasteiger partial charge is 0.459 e. The summed E-state index contributed by atoms with van der Waals surface area (Å²) in [7, 11) is 4.54. The van der Waals surface area contributed by atoms with E-state index in [1.807, 2.05) is 6.92 Å². The number of ether oxygens (including phenoxy) is 8. The third-order valence-corrected chi connectivity index (χ3v) is 12.8. The maximum atomic E-state index is 14.4. The van der Waals surface area contributed by atoms with Gasteiger partial charge in [-0.3, -0.25) is 19.2 Å². The second-order valence-corrected chi connectivity index (χ2v) is 17.5. The molecule has 3 heterocycles. The first-order valence-electron chi connectivity index (χ1n) is 20.5.